The van der Waals surface area contributed by atoms with Crippen molar-refractivity contribution in [2.75, 3.05) is 33.2 Å². The van der Waals surface area contributed by atoms with Crippen LogP contribution in [0.3, 0.4) is 0 Å². The number of piperidine rings is 1. The standard InChI is InChI=1S/C22H33FN4/c1-4-22-24-17(2)21(25-22)16-26(3)14-19-6-5-12-27(15-19)13-11-18-7-9-20(23)10-8-18/h7-10,19H,4-6,11-16H2,1-3H3,(H,24,25). The lowest BCUT2D eigenvalue weighted by Gasteiger charge is -2.34. The zero-order valence-electron chi connectivity index (χ0n) is 17.0. The van der Waals surface area contributed by atoms with E-state index in [1.54, 1.807) is 12.1 Å². The SMILES string of the molecule is CCc1nc(CN(C)CC2CCCN(CCc3ccc(F)cc3)C2)c(C)[nH]1. The largest absolute Gasteiger partial charge is 0.346 e. The highest BCUT2D eigenvalue weighted by Gasteiger charge is 2.21. The molecule has 1 atom stereocenters. The Morgan fingerprint density at radius 3 is 2.78 bits per heavy atom. The number of imidazole rings is 1. The van der Waals surface area contributed by atoms with Gasteiger partial charge in [0.15, 0.2) is 0 Å². The van der Waals surface area contributed by atoms with Gasteiger partial charge in [0.1, 0.15) is 11.6 Å². The van der Waals surface area contributed by atoms with Crippen molar-refractivity contribution in [3.8, 4) is 0 Å². The third kappa shape index (κ3) is 5.88. The van der Waals surface area contributed by atoms with E-state index in [1.165, 1.54) is 36.3 Å². The third-order valence-electron chi connectivity index (χ3n) is 5.59. The minimum Gasteiger partial charge on any atom is -0.346 e. The Hall–Kier alpha value is -1.72. The van der Waals surface area contributed by atoms with Crippen LogP contribution in [0.25, 0.3) is 0 Å². The van der Waals surface area contributed by atoms with Crippen LogP contribution < -0.4 is 0 Å². The van der Waals surface area contributed by atoms with E-state index in [0.717, 1.165) is 44.8 Å². The van der Waals surface area contributed by atoms with Crippen LogP contribution in [0.1, 0.15) is 42.5 Å². The van der Waals surface area contributed by atoms with Crippen molar-refractivity contribution in [3.05, 3.63) is 52.9 Å². The summed E-state index contributed by atoms with van der Waals surface area (Å²) in [5, 5.41) is 0. The van der Waals surface area contributed by atoms with E-state index in [2.05, 4.69) is 35.7 Å². The number of aromatic amines is 1. The second-order valence-corrected chi connectivity index (χ2v) is 7.99. The lowest BCUT2D eigenvalue weighted by Crippen LogP contribution is -2.40. The first-order valence-electron chi connectivity index (χ1n) is 10.2. The number of aromatic nitrogens is 2. The smallest absolute Gasteiger partial charge is 0.123 e. The first-order chi connectivity index (χ1) is 13.0. The van der Waals surface area contributed by atoms with E-state index < -0.39 is 0 Å². The third-order valence-corrected chi connectivity index (χ3v) is 5.59. The van der Waals surface area contributed by atoms with E-state index in [1.807, 2.05) is 12.1 Å². The molecule has 148 valence electrons. The molecule has 1 unspecified atom stereocenters. The van der Waals surface area contributed by atoms with Gasteiger partial charge in [-0.15, -0.1) is 0 Å². The molecular weight excluding hydrogens is 339 g/mol. The topological polar surface area (TPSA) is 35.2 Å². The lowest BCUT2D eigenvalue weighted by molar-refractivity contribution is 0.142. The maximum absolute atomic E-state index is 13.0. The number of halogens is 1. The van der Waals surface area contributed by atoms with Crippen molar-refractivity contribution in [1.29, 1.82) is 0 Å². The molecule has 0 spiro atoms. The highest BCUT2D eigenvalue weighted by molar-refractivity contribution is 5.16. The number of nitrogens with one attached hydrogen (secondary N) is 1. The number of likely N-dealkylation sites (tertiary alicyclic amines) is 1. The molecule has 1 N–H and O–H groups in total. The molecule has 1 aromatic heterocycles. The molecule has 4 nitrogen and oxygen atoms in total. The monoisotopic (exact) mass is 372 g/mol. The van der Waals surface area contributed by atoms with Crippen LogP contribution in [-0.2, 0) is 19.4 Å². The molecule has 1 saturated heterocycles. The van der Waals surface area contributed by atoms with Gasteiger partial charge in [0.25, 0.3) is 0 Å². The van der Waals surface area contributed by atoms with Crippen LogP contribution in [0.5, 0.6) is 0 Å². The van der Waals surface area contributed by atoms with Gasteiger partial charge in [-0.2, -0.15) is 0 Å². The molecule has 5 heteroatoms. The summed E-state index contributed by atoms with van der Waals surface area (Å²) in [5.41, 5.74) is 3.60. The molecular formula is C22H33FN4. The van der Waals surface area contributed by atoms with Gasteiger partial charge in [0.05, 0.1) is 5.69 Å². The van der Waals surface area contributed by atoms with Gasteiger partial charge < -0.3 is 14.8 Å². The number of hydrogen-bond donors (Lipinski definition) is 1. The maximum Gasteiger partial charge on any atom is 0.123 e. The van der Waals surface area contributed by atoms with Gasteiger partial charge in [-0.3, -0.25) is 0 Å². The molecule has 0 amide bonds. The van der Waals surface area contributed by atoms with Crippen LogP contribution in [0.15, 0.2) is 24.3 Å². The fourth-order valence-electron chi connectivity index (χ4n) is 4.09. The van der Waals surface area contributed by atoms with Crippen molar-refractivity contribution >= 4 is 0 Å². The second kappa shape index (κ2) is 9.47. The van der Waals surface area contributed by atoms with E-state index >= 15 is 0 Å². The van der Waals surface area contributed by atoms with Gasteiger partial charge in [-0.25, -0.2) is 9.37 Å². The number of rotatable bonds is 8. The number of benzene rings is 1. The van der Waals surface area contributed by atoms with Crippen molar-refractivity contribution in [1.82, 2.24) is 19.8 Å². The summed E-state index contributed by atoms with van der Waals surface area (Å²) in [6, 6.07) is 6.93. The minimum absolute atomic E-state index is 0.155. The van der Waals surface area contributed by atoms with E-state index in [0.29, 0.717) is 5.92 Å². The van der Waals surface area contributed by atoms with Gasteiger partial charge >= 0.3 is 0 Å². The van der Waals surface area contributed by atoms with E-state index in [9.17, 15) is 4.39 Å². The predicted molar refractivity (Wildman–Crippen MR) is 108 cm³/mol. The molecule has 0 bridgehead atoms. The minimum atomic E-state index is -0.155. The van der Waals surface area contributed by atoms with Crippen molar-refractivity contribution in [2.45, 2.75) is 46.1 Å². The summed E-state index contributed by atoms with van der Waals surface area (Å²) in [6.45, 7) is 9.67. The Labute approximate surface area is 162 Å². The predicted octanol–water partition coefficient (Wildman–Crippen LogP) is 3.81. The Balaban J connectivity index is 1.45. The highest BCUT2D eigenvalue weighted by Crippen LogP contribution is 2.19. The summed E-state index contributed by atoms with van der Waals surface area (Å²) in [4.78, 5) is 13.1. The highest BCUT2D eigenvalue weighted by atomic mass is 19.1. The molecule has 3 rings (SSSR count). The molecule has 2 aromatic rings. The molecule has 0 aliphatic carbocycles. The molecule has 0 saturated carbocycles. The number of aryl methyl sites for hydroxylation is 2. The summed E-state index contributed by atoms with van der Waals surface area (Å²) >= 11 is 0. The molecule has 27 heavy (non-hydrogen) atoms. The van der Waals surface area contributed by atoms with Crippen LogP contribution in [0, 0.1) is 18.7 Å². The van der Waals surface area contributed by atoms with Crippen LogP contribution in [0.4, 0.5) is 4.39 Å². The normalized spacial score (nSPS) is 18.3. The molecule has 2 heterocycles. The number of nitrogens with zero attached hydrogens (tertiary/aromatic N) is 3. The van der Waals surface area contributed by atoms with Gasteiger partial charge in [-0.1, -0.05) is 19.1 Å². The number of hydrogen-bond acceptors (Lipinski definition) is 3. The molecule has 1 aliphatic rings. The molecule has 1 fully saturated rings. The zero-order valence-corrected chi connectivity index (χ0v) is 17.0. The second-order valence-electron chi connectivity index (χ2n) is 7.99. The average molecular weight is 373 g/mol. The number of H-pyrrole nitrogens is 1. The summed E-state index contributed by atoms with van der Waals surface area (Å²) in [5.74, 6) is 1.64. The summed E-state index contributed by atoms with van der Waals surface area (Å²) < 4.78 is 13.0. The van der Waals surface area contributed by atoms with Crippen LogP contribution >= 0.6 is 0 Å². The Morgan fingerprint density at radius 2 is 2.07 bits per heavy atom. The quantitative estimate of drug-likeness (QED) is 0.765. The molecule has 0 radical (unpaired) electrons. The maximum atomic E-state index is 13.0. The Kier molecular flexibility index (Phi) is 7.02. The van der Waals surface area contributed by atoms with E-state index in [-0.39, 0.29) is 5.82 Å². The first-order valence-corrected chi connectivity index (χ1v) is 10.2. The Morgan fingerprint density at radius 1 is 1.30 bits per heavy atom. The van der Waals surface area contributed by atoms with Gasteiger partial charge in [-0.05, 0) is 63.4 Å². The summed E-state index contributed by atoms with van der Waals surface area (Å²) in [6.07, 6.45) is 4.52. The average Bonchev–Trinajstić information content (AvgIpc) is 3.01. The first kappa shape index (κ1) is 20.0. The molecule has 1 aromatic carbocycles. The van der Waals surface area contributed by atoms with Gasteiger partial charge in [0, 0.05) is 38.3 Å². The van der Waals surface area contributed by atoms with Crippen molar-refractivity contribution in [2.24, 2.45) is 5.92 Å². The van der Waals surface area contributed by atoms with E-state index in [4.69, 9.17) is 4.98 Å². The van der Waals surface area contributed by atoms with Crippen LogP contribution in [0.2, 0.25) is 0 Å². The lowest BCUT2D eigenvalue weighted by atomic mass is 9.97. The fraction of sp³-hybridized carbons (Fsp3) is 0.591. The zero-order chi connectivity index (χ0) is 19.2. The van der Waals surface area contributed by atoms with Crippen molar-refractivity contribution < 1.29 is 4.39 Å². The molecule has 1 aliphatic heterocycles. The summed E-state index contributed by atoms with van der Waals surface area (Å²) in [7, 11) is 2.21. The fourth-order valence-corrected chi connectivity index (χ4v) is 4.09. The van der Waals surface area contributed by atoms with Crippen molar-refractivity contribution in [3.63, 3.8) is 0 Å². The van der Waals surface area contributed by atoms with Crippen LogP contribution in [-0.4, -0.2) is 53.0 Å². The Bertz CT molecular complexity index is 710. The van der Waals surface area contributed by atoms with Gasteiger partial charge in [0.2, 0.25) is 0 Å².